The smallest absolute Gasteiger partial charge is 0.267 e. The second-order valence-corrected chi connectivity index (χ2v) is 13.8. The third-order valence-corrected chi connectivity index (χ3v) is 9.81. The Hall–Kier alpha value is -2.41. The lowest BCUT2D eigenvalue weighted by molar-refractivity contribution is -0.173. The number of carbonyl (C=O) groups is 1. The minimum Gasteiger partial charge on any atom is -0.487 e. The van der Waals surface area contributed by atoms with Crippen molar-refractivity contribution in [1.82, 2.24) is 9.62 Å². The third kappa shape index (κ3) is 8.36. The van der Waals surface area contributed by atoms with Crippen molar-refractivity contribution < 1.29 is 27.4 Å². The summed E-state index contributed by atoms with van der Waals surface area (Å²) >= 11 is 0. The van der Waals surface area contributed by atoms with E-state index in [1.807, 2.05) is 34.6 Å². The predicted octanol–water partition coefficient (Wildman–Crippen LogP) is 3.64. The van der Waals surface area contributed by atoms with E-state index in [9.17, 15) is 13.2 Å². The topological polar surface area (TPSA) is 170 Å². The molecule has 0 radical (unpaired) electrons. The third-order valence-electron chi connectivity index (χ3n) is 7.72. The van der Waals surface area contributed by atoms with Gasteiger partial charge in [-0.25, -0.2) is 12.7 Å². The van der Waals surface area contributed by atoms with Crippen LogP contribution < -0.4 is 21.5 Å². The van der Waals surface area contributed by atoms with E-state index in [0.29, 0.717) is 42.7 Å². The van der Waals surface area contributed by atoms with Gasteiger partial charge in [0.15, 0.2) is 12.2 Å². The van der Waals surface area contributed by atoms with Crippen LogP contribution in [0.2, 0.25) is 0 Å². The highest BCUT2D eigenvalue weighted by Gasteiger charge is 2.45. The van der Waals surface area contributed by atoms with Gasteiger partial charge in [0.05, 0.1) is 17.0 Å². The molecule has 2 atom stereocenters. The highest BCUT2D eigenvalue weighted by Crippen LogP contribution is 2.43. The average molecular weight is 612 g/mol. The maximum Gasteiger partial charge on any atom is 0.267 e. The number of ether oxygens (including phenoxy) is 3. The number of sulfonamides is 1. The summed E-state index contributed by atoms with van der Waals surface area (Å²) in [6, 6.07) is -2.07. The van der Waals surface area contributed by atoms with E-state index in [2.05, 4.69) is 5.32 Å². The fourth-order valence-electron chi connectivity index (χ4n) is 5.52. The lowest BCUT2D eigenvalue weighted by Crippen LogP contribution is -2.57. The summed E-state index contributed by atoms with van der Waals surface area (Å²) < 4.78 is 48.9. The zero-order valence-electron chi connectivity index (χ0n) is 26.9. The number of rotatable bonds is 15. The van der Waals surface area contributed by atoms with Crippen molar-refractivity contribution in [3.8, 4) is 5.75 Å². The number of nitrogens with zero attached hydrogens (tertiary/aromatic N) is 1. The number of nitrogens with two attached hydrogens (primary N) is 2. The second kappa shape index (κ2) is 14.9. The summed E-state index contributed by atoms with van der Waals surface area (Å²) in [5, 5.41) is 10.0. The monoisotopic (exact) mass is 611 g/mol. The van der Waals surface area contributed by atoms with E-state index in [4.69, 9.17) is 31.1 Å². The summed E-state index contributed by atoms with van der Waals surface area (Å²) in [6.07, 6.45) is 1.34. The Morgan fingerprint density at radius 1 is 1.12 bits per heavy atom. The quantitative estimate of drug-likeness (QED) is 0.100. The molecule has 0 unspecified atom stereocenters. The van der Waals surface area contributed by atoms with Crippen LogP contribution in [-0.4, -0.2) is 68.3 Å². The van der Waals surface area contributed by atoms with Crippen molar-refractivity contribution in [3.05, 3.63) is 22.3 Å². The van der Waals surface area contributed by atoms with Gasteiger partial charge in [-0.05, 0) is 109 Å². The maximum absolute atomic E-state index is 14.9. The minimum absolute atomic E-state index is 0.0167. The van der Waals surface area contributed by atoms with Gasteiger partial charge in [0.2, 0.25) is 0 Å². The molecule has 0 aliphatic carbocycles. The first-order chi connectivity index (χ1) is 19.5. The maximum atomic E-state index is 14.9. The first kappa shape index (κ1) is 35.8. The molecule has 0 fully saturated rings. The standard InChI is InChI=1S/C30H53N5O6S/c1-10-39-28(40-11-2)24(17-18(3)4)35(27(36)23(31)13-12-16-34-29(32)33)42(37,38)26-20(6)19(5)25-22(21(26)7)14-15-30(8,9)41-25/h18,23-24,28H,10-17,31H2,1-9H3,(H4,32,33,34)/t23-,24-/m0/s1. The number of fused-ring (bicyclic) bond motifs is 1. The number of amides is 1. The molecule has 1 aliphatic heterocycles. The number of carbonyl (C=O) groups excluding carboxylic acids is 1. The molecule has 12 heteroatoms. The summed E-state index contributed by atoms with van der Waals surface area (Å²) in [5.41, 5.74) is 14.1. The van der Waals surface area contributed by atoms with Crippen LogP contribution in [-0.2, 0) is 30.7 Å². The number of hydrogen-bond donors (Lipinski definition) is 4. The van der Waals surface area contributed by atoms with Gasteiger partial charge in [0, 0.05) is 19.8 Å². The molecule has 11 nitrogen and oxygen atoms in total. The molecule has 1 aromatic rings. The molecule has 0 aromatic heterocycles. The number of hydrogen-bond acceptors (Lipinski definition) is 8. The Morgan fingerprint density at radius 3 is 2.24 bits per heavy atom. The zero-order valence-corrected chi connectivity index (χ0v) is 27.7. The van der Waals surface area contributed by atoms with Crippen LogP contribution in [0.4, 0.5) is 0 Å². The molecule has 1 amide bonds. The molecule has 0 spiro atoms. The fourth-order valence-corrected chi connectivity index (χ4v) is 7.69. The van der Waals surface area contributed by atoms with E-state index in [1.165, 1.54) is 0 Å². The minimum atomic E-state index is -4.44. The largest absolute Gasteiger partial charge is 0.487 e. The highest BCUT2D eigenvalue weighted by molar-refractivity contribution is 7.89. The van der Waals surface area contributed by atoms with Crippen molar-refractivity contribution in [2.24, 2.45) is 17.4 Å². The predicted molar refractivity (Wildman–Crippen MR) is 165 cm³/mol. The van der Waals surface area contributed by atoms with Crippen LogP contribution in [0.5, 0.6) is 5.75 Å². The molecule has 42 heavy (non-hydrogen) atoms. The van der Waals surface area contributed by atoms with Crippen LogP contribution in [0.25, 0.3) is 0 Å². The molecular formula is C30H53N5O6S. The Morgan fingerprint density at radius 2 is 1.71 bits per heavy atom. The Bertz CT molecular complexity index is 1210. The molecule has 0 bridgehead atoms. The first-order valence-electron chi connectivity index (χ1n) is 15.0. The van der Waals surface area contributed by atoms with Gasteiger partial charge in [0.25, 0.3) is 15.9 Å². The molecular weight excluding hydrogens is 558 g/mol. The normalized spacial score (nSPS) is 16.1. The number of benzene rings is 1. The van der Waals surface area contributed by atoms with Gasteiger partial charge in [-0.1, -0.05) is 13.8 Å². The van der Waals surface area contributed by atoms with Crippen LogP contribution in [0, 0.1) is 32.1 Å². The Kier molecular flexibility index (Phi) is 12.7. The van der Waals surface area contributed by atoms with Gasteiger partial charge in [-0.15, -0.1) is 0 Å². The molecule has 2 rings (SSSR count). The van der Waals surface area contributed by atoms with E-state index in [-0.39, 0.29) is 42.0 Å². The summed E-state index contributed by atoms with van der Waals surface area (Å²) in [6.45, 7) is 17.9. The molecule has 1 heterocycles. The first-order valence-corrected chi connectivity index (χ1v) is 16.4. The lowest BCUT2D eigenvalue weighted by Gasteiger charge is -2.39. The Labute approximate surface area is 252 Å². The molecule has 1 aromatic carbocycles. The second-order valence-electron chi connectivity index (χ2n) is 12.1. The van der Waals surface area contributed by atoms with Gasteiger partial charge in [-0.3, -0.25) is 10.2 Å². The van der Waals surface area contributed by atoms with Gasteiger partial charge in [0.1, 0.15) is 11.4 Å². The van der Waals surface area contributed by atoms with Crippen LogP contribution in [0.1, 0.15) is 89.5 Å². The Balaban J connectivity index is 2.76. The van der Waals surface area contributed by atoms with Gasteiger partial charge < -0.3 is 31.0 Å². The summed E-state index contributed by atoms with van der Waals surface area (Å²) in [7, 11) is -4.44. The van der Waals surface area contributed by atoms with Crippen molar-refractivity contribution in [2.75, 3.05) is 19.8 Å². The van der Waals surface area contributed by atoms with E-state index >= 15 is 0 Å². The van der Waals surface area contributed by atoms with E-state index < -0.39 is 34.3 Å². The molecule has 0 saturated heterocycles. The van der Waals surface area contributed by atoms with E-state index in [1.54, 1.807) is 27.7 Å². The average Bonchev–Trinajstić information content (AvgIpc) is 2.88. The van der Waals surface area contributed by atoms with Gasteiger partial charge >= 0.3 is 0 Å². The summed E-state index contributed by atoms with van der Waals surface area (Å²) in [4.78, 5) is 14.3. The van der Waals surface area contributed by atoms with Crippen molar-refractivity contribution in [1.29, 1.82) is 5.41 Å². The number of nitrogens with one attached hydrogen (secondary N) is 2. The molecule has 1 aliphatic rings. The number of guanidine groups is 1. The van der Waals surface area contributed by atoms with Crippen molar-refractivity contribution in [3.63, 3.8) is 0 Å². The fraction of sp³-hybridized carbons (Fsp3) is 0.733. The molecule has 0 saturated carbocycles. The zero-order chi connectivity index (χ0) is 32.0. The van der Waals surface area contributed by atoms with Gasteiger partial charge in [-0.2, -0.15) is 0 Å². The molecule has 240 valence electrons. The summed E-state index contributed by atoms with van der Waals surface area (Å²) in [5.74, 6) is -0.177. The lowest BCUT2D eigenvalue weighted by atomic mass is 9.88. The van der Waals surface area contributed by atoms with Crippen molar-refractivity contribution >= 4 is 21.9 Å². The van der Waals surface area contributed by atoms with Crippen LogP contribution in [0.3, 0.4) is 0 Å². The molecule has 6 N–H and O–H groups in total. The SMILES string of the molecule is CCOC(OCC)[C@H](CC(C)C)N(C(=O)[C@@H](N)CCCNC(=N)N)S(=O)(=O)c1c(C)c(C)c2c(c1C)CCC(C)(C)O2. The van der Waals surface area contributed by atoms with Crippen LogP contribution in [0.15, 0.2) is 4.90 Å². The highest BCUT2D eigenvalue weighted by atomic mass is 32.2. The van der Waals surface area contributed by atoms with E-state index in [0.717, 1.165) is 21.9 Å². The van der Waals surface area contributed by atoms with Crippen molar-refractivity contribution in [2.45, 2.75) is 123 Å². The van der Waals surface area contributed by atoms with Crippen LogP contribution >= 0.6 is 0 Å².